The van der Waals surface area contributed by atoms with Crippen LogP contribution in [0.5, 0.6) is 5.75 Å². The van der Waals surface area contributed by atoms with Gasteiger partial charge in [-0.1, -0.05) is 30.3 Å². The summed E-state index contributed by atoms with van der Waals surface area (Å²) in [5.41, 5.74) is -0.0256. The molecule has 2 heterocycles. The summed E-state index contributed by atoms with van der Waals surface area (Å²) in [5, 5.41) is 3.22. The fourth-order valence-corrected chi connectivity index (χ4v) is 4.47. The summed E-state index contributed by atoms with van der Waals surface area (Å²) in [4.78, 5) is 40.6. The van der Waals surface area contributed by atoms with Gasteiger partial charge in [-0.2, -0.15) is 0 Å². The molecule has 7 heteroatoms. The Morgan fingerprint density at radius 3 is 2.24 bits per heavy atom. The number of hydrogen-bond acceptors (Lipinski definition) is 6. The smallest absolute Gasteiger partial charge is 0.326 e. The SMILES string of the molecule is COC(=O)[C@]1(C)N[C@H](c2ccc(OC)cc2)[C@H]2C(=O)N(c3ccccc3)C(=O)[C@H]21. The van der Waals surface area contributed by atoms with Gasteiger partial charge in [0.15, 0.2) is 0 Å². The van der Waals surface area contributed by atoms with Gasteiger partial charge in [0.1, 0.15) is 11.3 Å². The summed E-state index contributed by atoms with van der Waals surface area (Å²) < 4.78 is 10.2. The second-order valence-corrected chi connectivity index (χ2v) is 7.44. The molecule has 2 aliphatic heterocycles. The van der Waals surface area contributed by atoms with Gasteiger partial charge < -0.3 is 9.47 Å². The number of rotatable bonds is 4. The molecule has 1 N–H and O–H groups in total. The van der Waals surface area contributed by atoms with Crippen LogP contribution >= 0.6 is 0 Å². The van der Waals surface area contributed by atoms with Crippen molar-refractivity contribution in [1.82, 2.24) is 5.32 Å². The number of esters is 1. The Labute approximate surface area is 168 Å². The maximum Gasteiger partial charge on any atom is 0.326 e. The van der Waals surface area contributed by atoms with E-state index in [2.05, 4.69) is 5.32 Å². The average Bonchev–Trinajstić information content (AvgIpc) is 3.22. The minimum absolute atomic E-state index is 0.327. The largest absolute Gasteiger partial charge is 0.497 e. The standard InChI is InChI=1S/C22H22N2O5/c1-22(21(27)29-3)17-16(18(23-22)13-9-11-15(28-2)12-10-13)19(25)24(20(17)26)14-7-5-4-6-8-14/h4-12,16-18,23H,1-3H3/t16-,17-,18+,22+/m0/s1. The maximum atomic E-state index is 13.4. The van der Waals surface area contributed by atoms with E-state index >= 15 is 0 Å². The summed E-state index contributed by atoms with van der Waals surface area (Å²) in [6.07, 6.45) is 0. The number of carbonyl (C=O) groups is 3. The Balaban J connectivity index is 1.80. The van der Waals surface area contributed by atoms with Crippen LogP contribution in [0.3, 0.4) is 0 Å². The molecule has 7 nitrogen and oxygen atoms in total. The molecular formula is C22H22N2O5. The highest BCUT2D eigenvalue weighted by molar-refractivity contribution is 6.24. The number of benzene rings is 2. The summed E-state index contributed by atoms with van der Waals surface area (Å²) in [7, 11) is 2.85. The number of ether oxygens (including phenoxy) is 2. The molecule has 2 fully saturated rings. The molecular weight excluding hydrogens is 372 g/mol. The molecule has 29 heavy (non-hydrogen) atoms. The van der Waals surface area contributed by atoms with Crippen LogP contribution in [0.1, 0.15) is 18.5 Å². The molecule has 0 radical (unpaired) electrons. The normalized spacial score (nSPS) is 28.4. The first-order chi connectivity index (χ1) is 13.9. The van der Waals surface area contributed by atoms with E-state index in [-0.39, 0.29) is 5.91 Å². The van der Waals surface area contributed by atoms with E-state index < -0.39 is 35.3 Å². The molecule has 0 spiro atoms. The van der Waals surface area contributed by atoms with Gasteiger partial charge in [-0.25, -0.2) is 4.90 Å². The number of anilines is 1. The third-order valence-corrected chi connectivity index (χ3v) is 5.89. The average molecular weight is 394 g/mol. The third kappa shape index (κ3) is 2.81. The molecule has 4 atom stereocenters. The van der Waals surface area contributed by atoms with Crippen LogP contribution in [-0.2, 0) is 19.1 Å². The molecule has 2 saturated heterocycles. The van der Waals surface area contributed by atoms with E-state index in [9.17, 15) is 14.4 Å². The Hall–Kier alpha value is -3.19. The van der Waals surface area contributed by atoms with Crippen LogP contribution in [-0.4, -0.2) is 37.5 Å². The highest BCUT2D eigenvalue weighted by Gasteiger charge is 2.67. The number of para-hydroxylation sites is 1. The van der Waals surface area contributed by atoms with Crippen molar-refractivity contribution < 1.29 is 23.9 Å². The van der Waals surface area contributed by atoms with Gasteiger partial charge in [-0.3, -0.25) is 19.7 Å². The van der Waals surface area contributed by atoms with E-state index in [0.29, 0.717) is 11.4 Å². The number of nitrogens with zero attached hydrogens (tertiary/aromatic N) is 1. The van der Waals surface area contributed by atoms with Crippen molar-refractivity contribution in [1.29, 1.82) is 0 Å². The molecule has 150 valence electrons. The fraction of sp³-hybridized carbons (Fsp3) is 0.318. The van der Waals surface area contributed by atoms with Crippen LogP contribution in [0.2, 0.25) is 0 Å². The number of carbonyl (C=O) groups excluding carboxylic acids is 3. The van der Waals surface area contributed by atoms with Crippen LogP contribution < -0.4 is 15.0 Å². The lowest BCUT2D eigenvalue weighted by Crippen LogP contribution is -2.54. The number of nitrogens with one attached hydrogen (secondary N) is 1. The minimum Gasteiger partial charge on any atom is -0.497 e. The van der Waals surface area contributed by atoms with Gasteiger partial charge in [-0.05, 0) is 36.8 Å². The predicted molar refractivity (Wildman–Crippen MR) is 105 cm³/mol. The van der Waals surface area contributed by atoms with Crippen molar-refractivity contribution in [2.45, 2.75) is 18.5 Å². The molecule has 2 aromatic carbocycles. The van der Waals surface area contributed by atoms with Crippen LogP contribution in [0.25, 0.3) is 0 Å². The topological polar surface area (TPSA) is 84.9 Å². The number of hydrogen-bond donors (Lipinski definition) is 1. The summed E-state index contributed by atoms with van der Waals surface area (Å²) in [5.74, 6) is -2.21. The Kier molecular flexibility index (Phi) is 4.62. The zero-order valence-electron chi connectivity index (χ0n) is 16.4. The highest BCUT2D eigenvalue weighted by Crippen LogP contribution is 2.50. The van der Waals surface area contributed by atoms with E-state index in [1.54, 1.807) is 50.4 Å². The summed E-state index contributed by atoms with van der Waals surface area (Å²) in [6, 6.07) is 15.5. The summed E-state index contributed by atoms with van der Waals surface area (Å²) in [6.45, 7) is 1.62. The highest BCUT2D eigenvalue weighted by atomic mass is 16.5. The second-order valence-electron chi connectivity index (χ2n) is 7.44. The van der Waals surface area contributed by atoms with E-state index in [1.807, 2.05) is 18.2 Å². The molecule has 2 aliphatic rings. The third-order valence-electron chi connectivity index (χ3n) is 5.89. The van der Waals surface area contributed by atoms with E-state index in [4.69, 9.17) is 9.47 Å². The maximum absolute atomic E-state index is 13.4. The molecule has 4 rings (SSSR count). The van der Waals surface area contributed by atoms with Crippen molar-refractivity contribution in [2.24, 2.45) is 11.8 Å². The quantitative estimate of drug-likeness (QED) is 0.631. The van der Waals surface area contributed by atoms with Gasteiger partial charge in [0.05, 0.1) is 31.7 Å². The Bertz CT molecular complexity index is 959. The van der Waals surface area contributed by atoms with Crippen molar-refractivity contribution in [2.75, 3.05) is 19.1 Å². The lowest BCUT2D eigenvalue weighted by molar-refractivity contribution is -0.151. The van der Waals surface area contributed by atoms with Crippen molar-refractivity contribution in [3.05, 3.63) is 60.2 Å². The molecule has 0 aliphatic carbocycles. The Morgan fingerprint density at radius 1 is 1.00 bits per heavy atom. The number of amides is 2. The molecule has 0 bridgehead atoms. The second kappa shape index (κ2) is 7.00. The number of fused-ring (bicyclic) bond motifs is 1. The molecule has 2 amide bonds. The number of methoxy groups -OCH3 is 2. The molecule has 0 unspecified atom stereocenters. The monoisotopic (exact) mass is 394 g/mol. The zero-order valence-corrected chi connectivity index (χ0v) is 16.4. The fourth-order valence-electron chi connectivity index (χ4n) is 4.47. The molecule has 0 saturated carbocycles. The lowest BCUT2D eigenvalue weighted by atomic mass is 9.80. The van der Waals surface area contributed by atoms with Gasteiger partial charge in [0, 0.05) is 6.04 Å². The van der Waals surface area contributed by atoms with Crippen LogP contribution in [0.4, 0.5) is 5.69 Å². The lowest BCUT2D eigenvalue weighted by Gasteiger charge is -2.28. The van der Waals surface area contributed by atoms with Crippen LogP contribution in [0, 0.1) is 11.8 Å². The first kappa shape index (κ1) is 19.1. The molecule has 0 aromatic heterocycles. The van der Waals surface area contributed by atoms with E-state index in [0.717, 1.165) is 5.56 Å². The zero-order chi connectivity index (χ0) is 20.8. The van der Waals surface area contributed by atoms with Gasteiger partial charge in [0.25, 0.3) is 0 Å². The van der Waals surface area contributed by atoms with E-state index in [1.165, 1.54) is 12.0 Å². The number of imide groups is 1. The first-order valence-corrected chi connectivity index (χ1v) is 9.35. The van der Waals surface area contributed by atoms with Gasteiger partial charge >= 0.3 is 5.97 Å². The van der Waals surface area contributed by atoms with Gasteiger partial charge in [0.2, 0.25) is 11.8 Å². The van der Waals surface area contributed by atoms with Crippen molar-refractivity contribution in [3.8, 4) is 5.75 Å². The predicted octanol–water partition coefficient (Wildman–Crippen LogP) is 2.08. The van der Waals surface area contributed by atoms with Crippen LogP contribution in [0.15, 0.2) is 54.6 Å². The molecule has 2 aromatic rings. The van der Waals surface area contributed by atoms with Crippen molar-refractivity contribution in [3.63, 3.8) is 0 Å². The Morgan fingerprint density at radius 2 is 1.66 bits per heavy atom. The van der Waals surface area contributed by atoms with Crippen molar-refractivity contribution >= 4 is 23.5 Å². The van der Waals surface area contributed by atoms with Gasteiger partial charge in [-0.15, -0.1) is 0 Å². The first-order valence-electron chi connectivity index (χ1n) is 9.35. The summed E-state index contributed by atoms with van der Waals surface area (Å²) >= 11 is 0. The minimum atomic E-state index is -1.32.